The second kappa shape index (κ2) is 11.0. The maximum Gasteiger partial charge on any atom is 0.421 e. The van der Waals surface area contributed by atoms with E-state index >= 15 is 0 Å². The van der Waals surface area contributed by atoms with Gasteiger partial charge < -0.3 is 20.9 Å². The monoisotopic (exact) mass is 502 g/mol. The molecular weight excluding hydrogens is 473 g/mol. The predicted molar refractivity (Wildman–Crippen MR) is 131 cm³/mol. The standard InChI is InChI=1S/C25H29F3N6O2/c1-2-22(36)31-21-12-17(16-6-3-4-7-16)9-10-20(21)32-23-19(25(26,27)28)13-29-24(33-23)30-18-8-5-11-34(14-18)15-35/h2,9-10,12-13,15-16,18H,1,3-8,11,14H2,(H,31,36)(H2,29,30,32,33)/t18-/m0/s1. The molecule has 2 heterocycles. The molecule has 0 unspecified atom stereocenters. The van der Waals surface area contributed by atoms with Crippen molar-refractivity contribution in [2.75, 3.05) is 29.0 Å². The Kier molecular flexibility index (Phi) is 7.76. The first-order valence-corrected chi connectivity index (χ1v) is 12.0. The topological polar surface area (TPSA) is 99.2 Å². The van der Waals surface area contributed by atoms with Gasteiger partial charge in [-0.1, -0.05) is 25.5 Å². The van der Waals surface area contributed by atoms with Crippen molar-refractivity contribution in [3.8, 4) is 0 Å². The number of alkyl halides is 3. The normalized spacial score (nSPS) is 18.5. The van der Waals surface area contributed by atoms with Crippen molar-refractivity contribution in [3.63, 3.8) is 0 Å². The molecule has 0 spiro atoms. The van der Waals surface area contributed by atoms with Crippen LogP contribution in [0.2, 0.25) is 0 Å². The van der Waals surface area contributed by atoms with E-state index in [0.717, 1.165) is 62.8 Å². The maximum atomic E-state index is 13.8. The lowest BCUT2D eigenvalue weighted by Crippen LogP contribution is -2.41. The molecule has 1 saturated heterocycles. The molecule has 8 nitrogen and oxygen atoms in total. The number of piperidine rings is 1. The first-order chi connectivity index (χ1) is 17.3. The van der Waals surface area contributed by atoms with Crippen LogP contribution in [-0.4, -0.2) is 46.3 Å². The van der Waals surface area contributed by atoms with E-state index in [4.69, 9.17) is 0 Å². The molecule has 0 bridgehead atoms. The van der Waals surface area contributed by atoms with Crippen LogP contribution in [0.4, 0.5) is 36.3 Å². The van der Waals surface area contributed by atoms with E-state index < -0.39 is 23.5 Å². The van der Waals surface area contributed by atoms with Crippen molar-refractivity contribution in [1.82, 2.24) is 14.9 Å². The van der Waals surface area contributed by atoms with Gasteiger partial charge in [0.2, 0.25) is 18.3 Å². The van der Waals surface area contributed by atoms with Gasteiger partial charge in [0.15, 0.2) is 0 Å². The van der Waals surface area contributed by atoms with E-state index in [-0.39, 0.29) is 17.7 Å². The van der Waals surface area contributed by atoms with Gasteiger partial charge in [0.05, 0.1) is 11.4 Å². The molecule has 1 saturated carbocycles. The summed E-state index contributed by atoms with van der Waals surface area (Å²) < 4.78 is 41.4. The molecule has 4 rings (SSSR count). The minimum Gasteiger partial charge on any atom is -0.350 e. The molecule has 0 radical (unpaired) electrons. The van der Waals surface area contributed by atoms with Gasteiger partial charge in [0.1, 0.15) is 11.4 Å². The van der Waals surface area contributed by atoms with Gasteiger partial charge >= 0.3 is 6.18 Å². The highest BCUT2D eigenvalue weighted by atomic mass is 19.4. The lowest BCUT2D eigenvalue weighted by atomic mass is 9.96. The number of benzene rings is 1. The molecule has 11 heteroatoms. The number of carbonyl (C=O) groups is 2. The molecule has 1 aromatic carbocycles. The number of aromatic nitrogens is 2. The number of rotatable bonds is 8. The number of nitrogens with one attached hydrogen (secondary N) is 3. The van der Waals surface area contributed by atoms with E-state index in [0.29, 0.717) is 24.7 Å². The van der Waals surface area contributed by atoms with Gasteiger partial charge in [-0.15, -0.1) is 0 Å². The smallest absolute Gasteiger partial charge is 0.350 e. The molecule has 2 aromatic rings. The zero-order chi connectivity index (χ0) is 25.7. The van der Waals surface area contributed by atoms with Crippen molar-refractivity contribution < 1.29 is 22.8 Å². The van der Waals surface area contributed by atoms with Gasteiger partial charge in [-0.25, -0.2) is 4.98 Å². The van der Waals surface area contributed by atoms with Crippen molar-refractivity contribution >= 4 is 35.5 Å². The highest BCUT2D eigenvalue weighted by Gasteiger charge is 2.36. The Balaban J connectivity index is 1.65. The molecule has 1 aromatic heterocycles. The molecule has 2 amide bonds. The predicted octanol–water partition coefficient (Wildman–Crippen LogP) is 5.05. The Labute approximate surface area is 207 Å². The third-order valence-corrected chi connectivity index (χ3v) is 6.60. The summed E-state index contributed by atoms with van der Waals surface area (Å²) in [4.78, 5) is 32.8. The van der Waals surface area contributed by atoms with E-state index in [1.165, 1.54) is 0 Å². The van der Waals surface area contributed by atoms with Crippen LogP contribution in [0.5, 0.6) is 0 Å². The fourth-order valence-electron chi connectivity index (χ4n) is 4.76. The SMILES string of the molecule is C=CC(=O)Nc1cc(C2CCCC2)ccc1Nc1nc(N[C@H]2CCCN(C=O)C2)ncc1C(F)(F)F. The van der Waals surface area contributed by atoms with Crippen LogP contribution in [0, 0.1) is 0 Å². The number of amides is 2. The van der Waals surface area contributed by atoms with Crippen LogP contribution in [0.25, 0.3) is 0 Å². The Bertz CT molecular complexity index is 1120. The maximum absolute atomic E-state index is 13.8. The van der Waals surface area contributed by atoms with Crippen LogP contribution >= 0.6 is 0 Å². The van der Waals surface area contributed by atoms with Crippen molar-refractivity contribution in [2.45, 2.75) is 56.7 Å². The summed E-state index contributed by atoms with van der Waals surface area (Å²) in [5.74, 6) is -0.548. The second-order valence-electron chi connectivity index (χ2n) is 9.14. The van der Waals surface area contributed by atoms with Gasteiger partial charge in [-0.2, -0.15) is 18.2 Å². The van der Waals surface area contributed by atoms with Gasteiger partial charge in [0.25, 0.3) is 0 Å². The molecule has 2 fully saturated rings. The van der Waals surface area contributed by atoms with Crippen molar-refractivity contribution in [3.05, 3.63) is 48.2 Å². The van der Waals surface area contributed by atoms with Crippen LogP contribution in [0.1, 0.15) is 55.6 Å². The van der Waals surface area contributed by atoms with E-state index in [1.54, 1.807) is 17.0 Å². The number of hydrogen-bond acceptors (Lipinski definition) is 6. The molecule has 2 aliphatic rings. The number of anilines is 4. The fourth-order valence-corrected chi connectivity index (χ4v) is 4.76. The molecule has 1 atom stereocenters. The number of halogens is 3. The summed E-state index contributed by atoms with van der Waals surface area (Å²) in [7, 11) is 0. The van der Waals surface area contributed by atoms with Crippen LogP contribution < -0.4 is 16.0 Å². The number of nitrogens with zero attached hydrogens (tertiary/aromatic N) is 3. The third kappa shape index (κ3) is 6.13. The van der Waals surface area contributed by atoms with E-state index in [2.05, 4.69) is 32.5 Å². The molecule has 1 aliphatic carbocycles. The number of carbonyl (C=O) groups excluding carboxylic acids is 2. The summed E-state index contributed by atoms with van der Waals surface area (Å²) in [6.07, 6.45) is 3.69. The lowest BCUT2D eigenvalue weighted by Gasteiger charge is -2.30. The molecule has 192 valence electrons. The number of hydrogen-bond donors (Lipinski definition) is 3. The first-order valence-electron chi connectivity index (χ1n) is 12.0. The van der Waals surface area contributed by atoms with Gasteiger partial charge in [-0.05, 0) is 55.4 Å². The average molecular weight is 503 g/mol. The van der Waals surface area contributed by atoms with Crippen LogP contribution in [0.15, 0.2) is 37.1 Å². The third-order valence-electron chi connectivity index (χ3n) is 6.60. The molecule has 3 N–H and O–H groups in total. The zero-order valence-corrected chi connectivity index (χ0v) is 19.8. The van der Waals surface area contributed by atoms with Crippen LogP contribution in [-0.2, 0) is 15.8 Å². The minimum atomic E-state index is -4.70. The first kappa shape index (κ1) is 25.5. The Hall–Kier alpha value is -3.63. The summed E-state index contributed by atoms with van der Waals surface area (Å²) in [5.41, 5.74) is 0.606. The van der Waals surface area contributed by atoms with E-state index in [9.17, 15) is 22.8 Å². The summed E-state index contributed by atoms with van der Waals surface area (Å²) >= 11 is 0. The largest absolute Gasteiger partial charge is 0.421 e. The van der Waals surface area contributed by atoms with Crippen molar-refractivity contribution in [1.29, 1.82) is 0 Å². The highest BCUT2D eigenvalue weighted by molar-refractivity contribution is 6.01. The summed E-state index contributed by atoms with van der Waals surface area (Å²) in [6, 6.07) is 5.14. The highest BCUT2D eigenvalue weighted by Crippen LogP contribution is 2.39. The molecule has 36 heavy (non-hydrogen) atoms. The second-order valence-corrected chi connectivity index (χ2v) is 9.14. The Morgan fingerprint density at radius 1 is 1.14 bits per heavy atom. The van der Waals surface area contributed by atoms with Gasteiger partial charge in [-0.3, -0.25) is 9.59 Å². The molecule has 1 aliphatic heterocycles. The van der Waals surface area contributed by atoms with Crippen LogP contribution in [0.3, 0.4) is 0 Å². The van der Waals surface area contributed by atoms with E-state index in [1.807, 2.05) is 6.07 Å². The molecular formula is C25H29F3N6O2. The minimum absolute atomic E-state index is 0.0162. The Morgan fingerprint density at radius 3 is 2.61 bits per heavy atom. The van der Waals surface area contributed by atoms with Crippen molar-refractivity contribution in [2.24, 2.45) is 0 Å². The quantitative estimate of drug-likeness (QED) is 0.345. The zero-order valence-electron chi connectivity index (χ0n) is 19.8. The van der Waals surface area contributed by atoms with Gasteiger partial charge in [0, 0.05) is 25.3 Å². The Morgan fingerprint density at radius 2 is 1.92 bits per heavy atom. The average Bonchev–Trinajstić information content (AvgIpc) is 3.39. The fraction of sp³-hybridized carbons (Fsp3) is 0.440. The lowest BCUT2D eigenvalue weighted by molar-refractivity contribution is -0.137. The summed E-state index contributed by atoms with van der Waals surface area (Å²) in [6.45, 7) is 4.51. The summed E-state index contributed by atoms with van der Waals surface area (Å²) in [5, 5.41) is 8.50. The number of likely N-dealkylation sites (tertiary alicyclic amines) is 1.